The van der Waals surface area contributed by atoms with Gasteiger partial charge in [0.15, 0.2) is 8.32 Å². The van der Waals surface area contributed by atoms with Crippen LogP contribution in [-0.4, -0.2) is 81.4 Å². The van der Waals surface area contributed by atoms with E-state index in [0.717, 1.165) is 0 Å². The number of carbonyl (C=O) groups excluding carboxylic acids is 1. The summed E-state index contributed by atoms with van der Waals surface area (Å²) in [5.41, 5.74) is 0.710. The van der Waals surface area contributed by atoms with Crippen molar-refractivity contribution in [2.75, 3.05) is 32.8 Å². The molecule has 0 saturated carbocycles. The molecule has 2 aliphatic rings. The highest BCUT2D eigenvalue weighted by molar-refractivity contribution is 7.89. The van der Waals surface area contributed by atoms with Crippen molar-refractivity contribution in [3.8, 4) is 0 Å². The number of carbonyl (C=O) groups is 1. The Labute approximate surface area is 191 Å². The van der Waals surface area contributed by atoms with E-state index in [4.69, 9.17) is 9.26 Å². The lowest BCUT2D eigenvalue weighted by Crippen LogP contribution is -2.42. The molecule has 2 bridgehead atoms. The highest BCUT2D eigenvalue weighted by Gasteiger charge is 2.41. The predicted octanol–water partition coefficient (Wildman–Crippen LogP) is 2.26. The lowest BCUT2D eigenvalue weighted by atomic mass is 10.2. The Kier molecular flexibility index (Phi) is 7.01. The van der Waals surface area contributed by atoms with Crippen LogP contribution in [0.3, 0.4) is 0 Å². The summed E-state index contributed by atoms with van der Waals surface area (Å²) in [6.07, 6.45) is 6.20. The zero-order valence-electron chi connectivity index (χ0n) is 19.4. The summed E-state index contributed by atoms with van der Waals surface area (Å²) in [4.78, 5) is 19.6. The molecule has 178 valence electrons. The molecule has 2 aliphatic heterocycles. The number of nitrogens with one attached hydrogen (secondary N) is 1. The quantitative estimate of drug-likeness (QED) is 0.311. The zero-order valence-corrected chi connectivity index (χ0v) is 21.2. The van der Waals surface area contributed by atoms with Crippen LogP contribution >= 0.6 is 0 Å². The van der Waals surface area contributed by atoms with Gasteiger partial charge in [0.2, 0.25) is 10.0 Å². The van der Waals surface area contributed by atoms with Crippen LogP contribution in [-0.2, 0) is 19.3 Å². The SMILES string of the molecule is C=CCON1C(=O)N2CC(n3cc(S(=O)(=O)NCCO[Si](C)(C)C(C)(C)C)cn3)=CC1C2. The lowest BCUT2D eigenvalue weighted by molar-refractivity contribution is -0.107. The molecule has 3 heterocycles. The summed E-state index contributed by atoms with van der Waals surface area (Å²) in [5.74, 6) is 0. The second kappa shape index (κ2) is 9.10. The van der Waals surface area contributed by atoms with Gasteiger partial charge < -0.3 is 9.33 Å². The van der Waals surface area contributed by atoms with Crippen LogP contribution in [0.15, 0.2) is 36.0 Å². The van der Waals surface area contributed by atoms with Crippen molar-refractivity contribution in [3.63, 3.8) is 0 Å². The van der Waals surface area contributed by atoms with Crippen molar-refractivity contribution in [2.45, 2.75) is 49.8 Å². The van der Waals surface area contributed by atoms with E-state index in [9.17, 15) is 13.2 Å². The molecule has 0 aromatic carbocycles. The molecule has 1 aromatic heterocycles. The third kappa shape index (κ3) is 5.15. The molecule has 0 spiro atoms. The first-order valence-corrected chi connectivity index (χ1v) is 15.0. The van der Waals surface area contributed by atoms with Crippen molar-refractivity contribution in [1.29, 1.82) is 0 Å². The van der Waals surface area contributed by atoms with Gasteiger partial charge in [-0.1, -0.05) is 26.8 Å². The van der Waals surface area contributed by atoms with Crippen LogP contribution in [0.2, 0.25) is 18.1 Å². The molecule has 12 heteroatoms. The molecule has 1 unspecified atom stereocenters. The molecule has 1 saturated heterocycles. The van der Waals surface area contributed by atoms with Crippen LogP contribution in [0.5, 0.6) is 0 Å². The van der Waals surface area contributed by atoms with Gasteiger partial charge in [0.05, 0.1) is 37.3 Å². The Bertz CT molecular complexity index is 998. The van der Waals surface area contributed by atoms with E-state index < -0.39 is 18.3 Å². The maximum absolute atomic E-state index is 12.7. The van der Waals surface area contributed by atoms with Gasteiger partial charge in [-0.3, -0.25) is 4.84 Å². The number of aromatic nitrogens is 2. The lowest BCUT2D eigenvalue weighted by Gasteiger charge is -2.36. The predicted molar refractivity (Wildman–Crippen MR) is 124 cm³/mol. The summed E-state index contributed by atoms with van der Waals surface area (Å²) >= 11 is 0. The molecule has 1 N–H and O–H groups in total. The fraction of sp³-hybridized carbons (Fsp3) is 0.600. The number of sulfonamides is 1. The summed E-state index contributed by atoms with van der Waals surface area (Å²) < 4.78 is 35.5. The van der Waals surface area contributed by atoms with Gasteiger partial charge in [-0.05, 0) is 24.2 Å². The smallest absolute Gasteiger partial charge is 0.345 e. The minimum atomic E-state index is -3.73. The number of hydroxylamine groups is 2. The molecular weight excluding hydrogens is 450 g/mol. The number of nitrogens with zero attached hydrogens (tertiary/aromatic N) is 4. The maximum atomic E-state index is 12.7. The summed E-state index contributed by atoms with van der Waals surface area (Å²) in [6.45, 7) is 15.8. The average molecular weight is 484 g/mol. The molecule has 2 amide bonds. The number of rotatable bonds is 10. The van der Waals surface area contributed by atoms with Gasteiger partial charge in [-0.25, -0.2) is 22.6 Å². The van der Waals surface area contributed by atoms with Gasteiger partial charge in [0.25, 0.3) is 0 Å². The molecule has 0 aliphatic carbocycles. The molecule has 32 heavy (non-hydrogen) atoms. The topological polar surface area (TPSA) is 106 Å². The van der Waals surface area contributed by atoms with Crippen molar-refractivity contribution in [1.82, 2.24) is 24.5 Å². The van der Waals surface area contributed by atoms with E-state index in [2.05, 4.69) is 50.3 Å². The van der Waals surface area contributed by atoms with E-state index in [1.165, 1.54) is 22.1 Å². The summed E-state index contributed by atoms with van der Waals surface area (Å²) in [7, 11) is -5.66. The van der Waals surface area contributed by atoms with Crippen LogP contribution in [0.1, 0.15) is 20.8 Å². The monoisotopic (exact) mass is 483 g/mol. The van der Waals surface area contributed by atoms with Crippen LogP contribution < -0.4 is 4.72 Å². The standard InChI is InChI=1S/C20H33N5O5SSi/c1-7-9-29-25-17-11-16(13-23(14-17)19(25)26)24-15-18(12-21-24)31(27,28)22-8-10-30-32(5,6)20(2,3)4/h7,11-12,15,17,22H,1,8-10,13-14H2,2-6H3. The third-order valence-electron chi connectivity index (χ3n) is 6.06. The first-order valence-electron chi connectivity index (χ1n) is 10.6. The first kappa shape index (κ1) is 24.6. The van der Waals surface area contributed by atoms with Crippen molar-refractivity contribution >= 4 is 30.1 Å². The zero-order chi connectivity index (χ0) is 23.7. The molecule has 3 rings (SSSR count). The minimum absolute atomic E-state index is 0.0594. The molecule has 1 atom stereocenters. The largest absolute Gasteiger partial charge is 0.415 e. The molecule has 0 radical (unpaired) electrons. The van der Waals surface area contributed by atoms with Gasteiger partial charge in [-0.2, -0.15) is 10.2 Å². The minimum Gasteiger partial charge on any atom is -0.415 e. The number of hydrogen-bond acceptors (Lipinski definition) is 6. The van der Waals surface area contributed by atoms with Crippen LogP contribution in [0.4, 0.5) is 4.79 Å². The number of fused-ring (bicyclic) bond motifs is 2. The molecule has 1 aromatic rings. The molecule has 1 fully saturated rings. The Morgan fingerprint density at radius 2 is 2.09 bits per heavy atom. The number of hydrogen-bond donors (Lipinski definition) is 1. The van der Waals surface area contributed by atoms with E-state index in [1.807, 2.05) is 6.08 Å². The normalized spacial score (nSPS) is 19.5. The first-order chi connectivity index (χ1) is 14.9. The highest BCUT2D eigenvalue weighted by atomic mass is 32.2. The Balaban J connectivity index is 1.63. The summed E-state index contributed by atoms with van der Waals surface area (Å²) in [6, 6.07) is -0.493. The van der Waals surface area contributed by atoms with Gasteiger partial charge in [0.1, 0.15) is 4.90 Å². The average Bonchev–Trinajstić information content (AvgIpc) is 3.28. The molecular formula is C20H33N5O5SSi. The second-order valence-corrected chi connectivity index (χ2v) is 16.0. The van der Waals surface area contributed by atoms with E-state index in [0.29, 0.717) is 25.4 Å². The van der Waals surface area contributed by atoms with E-state index in [1.54, 1.807) is 11.0 Å². The second-order valence-electron chi connectivity index (χ2n) is 9.43. The van der Waals surface area contributed by atoms with Crippen molar-refractivity contribution in [3.05, 3.63) is 31.1 Å². The van der Waals surface area contributed by atoms with Crippen molar-refractivity contribution in [2.24, 2.45) is 0 Å². The fourth-order valence-corrected chi connectivity index (χ4v) is 5.19. The Morgan fingerprint density at radius 1 is 1.38 bits per heavy atom. The number of urea groups is 1. The highest BCUT2D eigenvalue weighted by Crippen LogP contribution is 2.36. The van der Waals surface area contributed by atoms with Gasteiger partial charge >= 0.3 is 6.03 Å². The Morgan fingerprint density at radius 3 is 2.75 bits per heavy atom. The Hall–Kier alpha value is -1.99. The van der Waals surface area contributed by atoms with Gasteiger partial charge in [0, 0.05) is 19.7 Å². The summed E-state index contributed by atoms with van der Waals surface area (Å²) in [5, 5.41) is 5.58. The number of amides is 2. The van der Waals surface area contributed by atoms with E-state index in [-0.39, 0.29) is 35.2 Å². The van der Waals surface area contributed by atoms with Crippen molar-refractivity contribution < 1.29 is 22.5 Å². The van der Waals surface area contributed by atoms with E-state index >= 15 is 0 Å². The third-order valence-corrected chi connectivity index (χ3v) is 12.0. The molecule has 10 nitrogen and oxygen atoms in total. The fourth-order valence-electron chi connectivity index (χ4n) is 3.20. The van der Waals surface area contributed by atoms with Gasteiger partial charge in [-0.15, -0.1) is 6.58 Å². The maximum Gasteiger partial charge on any atom is 0.345 e. The van der Waals surface area contributed by atoms with Crippen LogP contribution in [0, 0.1) is 0 Å². The van der Waals surface area contributed by atoms with Crippen LogP contribution in [0.25, 0.3) is 5.70 Å².